The second-order valence-corrected chi connectivity index (χ2v) is 26.3. The van der Waals surface area contributed by atoms with Gasteiger partial charge >= 0.3 is 61.2 Å². The van der Waals surface area contributed by atoms with Crippen LogP contribution < -0.4 is 18.9 Å². The number of hydrogen-bond acceptors (Lipinski definition) is 16. The molecule has 0 saturated heterocycles. The molecule has 0 amide bonds. The largest absolute Gasteiger partial charge is 1.00 e. The number of carboxylic acid groups (broad SMARTS) is 1. The first-order valence-corrected chi connectivity index (χ1v) is 27.7. The normalized spacial score (nSPS) is 12.5. The van der Waals surface area contributed by atoms with Crippen molar-refractivity contribution in [2.24, 2.45) is 0 Å². The minimum Gasteiger partial charge on any atom is -0.870 e. The number of rotatable bonds is 26. The van der Waals surface area contributed by atoms with Gasteiger partial charge in [-0.05, 0) is 159 Å². The number of ether oxygens (including phenoxy) is 1. The molecule has 2 aromatic rings. The molecular formula is C43H77LiO18P4. The summed E-state index contributed by atoms with van der Waals surface area (Å²) >= 11 is 0. The zero-order chi connectivity index (χ0) is 48.7. The van der Waals surface area contributed by atoms with Crippen LogP contribution in [0.1, 0.15) is 143 Å². The van der Waals surface area contributed by atoms with Crippen LogP contribution in [0.15, 0.2) is 48.5 Å². The molecule has 0 aliphatic carbocycles. The van der Waals surface area contributed by atoms with Gasteiger partial charge in [0, 0.05) is 0 Å². The van der Waals surface area contributed by atoms with Gasteiger partial charge in [0.1, 0.15) is 0 Å². The van der Waals surface area contributed by atoms with Gasteiger partial charge in [0.05, 0.1) is 67.1 Å². The van der Waals surface area contributed by atoms with Crippen LogP contribution in [0.25, 0.3) is 0 Å². The molecule has 0 aliphatic heterocycles. The molecule has 2 rings (SSSR count). The number of aromatic carboxylic acids is 1. The van der Waals surface area contributed by atoms with Crippen molar-refractivity contribution in [1.29, 1.82) is 0 Å². The van der Waals surface area contributed by atoms with E-state index in [0.29, 0.717) is 16.7 Å². The van der Waals surface area contributed by atoms with Crippen LogP contribution >= 0.6 is 30.4 Å². The summed E-state index contributed by atoms with van der Waals surface area (Å²) in [6, 6.07) is 12.6. The molecule has 0 saturated carbocycles. The van der Waals surface area contributed by atoms with Crippen LogP contribution in [0.5, 0.6) is 0 Å². The summed E-state index contributed by atoms with van der Waals surface area (Å²) in [5.74, 6) is -1.53. The van der Waals surface area contributed by atoms with Crippen molar-refractivity contribution in [2.45, 2.75) is 183 Å². The molecule has 0 heterocycles. The first kappa shape index (κ1) is 68.8. The van der Waals surface area contributed by atoms with Crippen molar-refractivity contribution >= 4 is 42.3 Å². The molecule has 66 heavy (non-hydrogen) atoms. The monoisotopic (exact) mass is 1010 g/mol. The minimum absolute atomic E-state index is 0. The Morgan fingerprint density at radius 3 is 0.803 bits per heavy atom. The quantitative estimate of drug-likeness (QED) is 0.0524. The third-order valence-electron chi connectivity index (χ3n) is 7.73. The van der Waals surface area contributed by atoms with Gasteiger partial charge in [-0.25, -0.2) is 9.59 Å². The smallest absolute Gasteiger partial charge is 0.870 e. The van der Waals surface area contributed by atoms with Gasteiger partial charge in [-0.15, -0.1) is 0 Å². The molecule has 0 bridgehead atoms. The maximum atomic E-state index is 14.1. The minimum atomic E-state index is -4.00. The number of hydrogen-bond donors (Lipinski definition) is 1. The Bertz CT molecular complexity index is 1770. The fraction of sp³-hybridized carbons (Fsp3) is 0.674. The summed E-state index contributed by atoms with van der Waals surface area (Å²) < 4.78 is 107. The number of methoxy groups -OCH3 is 1. The molecule has 18 nitrogen and oxygen atoms in total. The van der Waals surface area contributed by atoms with E-state index >= 15 is 0 Å². The predicted octanol–water partition coefficient (Wildman–Crippen LogP) is 8.77. The molecule has 0 fully saturated rings. The summed E-state index contributed by atoms with van der Waals surface area (Å²) in [7, 11) is -14.7. The summed E-state index contributed by atoms with van der Waals surface area (Å²) in [5.41, 5.74) is 1.76. The number of esters is 1. The Hall–Kier alpha value is -1.50. The van der Waals surface area contributed by atoms with Crippen LogP contribution in [0.4, 0.5) is 0 Å². The molecule has 23 heteroatoms. The number of carbonyl (C=O) groups is 2. The Labute approximate surface area is 405 Å². The van der Waals surface area contributed by atoms with Gasteiger partial charge in [-0.3, -0.25) is 18.3 Å². The van der Waals surface area contributed by atoms with E-state index in [4.69, 9.17) is 46.0 Å². The van der Waals surface area contributed by atoms with Crippen LogP contribution in [-0.4, -0.2) is 94.7 Å². The number of carboxylic acids is 1. The van der Waals surface area contributed by atoms with Gasteiger partial charge in [0.25, 0.3) is 0 Å². The van der Waals surface area contributed by atoms with Gasteiger partial charge in [-0.1, -0.05) is 24.3 Å². The van der Waals surface area contributed by atoms with Crippen LogP contribution in [0, 0.1) is 0 Å². The first-order valence-electron chi connectivity index (χ1n) is 21.3. The standard InChI is InChI=1S/C22H38O8P2.C21H36O8P2.Li.2H2O/c1-15(2)27-31(24,28-16(3)4)21(32(25,29-17(5)6)30-18(7)8)14-19-10-12-20(13-11-19)22(23)26-9;1-14(2)26-30(24,27-15(3)4)20(31(25,28-16(5)6)29-17(7)8)13-18-9-11-19(12-10-18)21(22)23;;;/h10-13,15-18,21H,14H2,1-9H3;9-12,14-17,20H,13H2,1-8H3,(H,22,23);;2*1H2/q;;+1;;/p-1. The SMILES string of the molecule is CC(C)OP(=O)(OC(C)C)C(Cc1ccc(C(=O)O)cc1)P(=O)(OC(C)C)OC(C)C.COC(=O)c1ccc(CC(P(=O)(OC(C)C)OC(C)C)P(=O)(OC(C)C)OC(C)C)cc1.O.[Li+].[OH-]. The fourth-order valence-electron chi connectivity index (χ4n) is 5.91. The Morgan fingerprint density at radius 2 is 0.636 bits per heavy atom. The zero-order valence-corrected chi connectivity index (χ0v) is 45.7. The Balaban J connectivity index is -0.00000115. The van der Waals surface area contributed by atoms with E-state index in [1.807, 2.05) is 0 Å². The maximum Gasteiger partial charge on any atom is 1.00 e. The van der Waals surface area contributed by atoms with Gasteiger partial charge < -0.3 is 57.0 Å². The molecular weight excluding hydrogens is 935 g/mol. The topological polar surface area (TPSA) is 267 Å². The molecule has 378 valence electrons. The van der Waals surface area contributed by atoms with Crippen molar-refractivity contribution in [3.63, 3.8) is 0 Å². The molecule has 0 spiro atoms. The van der Waals surface area contributed by atoms with E-state index in [9.17, 15) is 27.8 Å². The van der Waals surface area contributed by atoms with Crippen LogP contribution in [0.3, 0.4) is 0 Å². The van der Waals surface area contributed by atoms with E-state index in [1.165, 1.54) is 19.2 Å². The second kappa shape index (κ2) is 31.0. The van der Waals surface area contributed by atoms with Crippen molar-refractivity contribution in [3.8, 4) is 0 Å². The molecule has 4 N–H and O–H groups in total. The van der Waals surface area contributed by atoms with E-state index in [-0.39, 0.29) is 48.2 Å². The van der Waals surface area contributed by atoms with Crippen molar-refractivity contribution in [1.82, 2.24) is 0 Å². The predicted molar refractivity (Wildman–Crippen MR) is 252 cm³/mol. The zero-order valence-electron chi connectivity index (χ0n) is 42.1. The molecule has 0 unspecified atom stereocenters. The summed E-state index contributed by atoms with van der Waals surface area (Å²) in [6.07, 6.45) is -3.62. The van der Waals surface area contributed by atoms with E-state index < -0.39 is 102 Å². The van der Waals surface area contributed by atoms with Crippen molar-refractivity contribution in [3.05, 3.63) is 70.8 Å². The van der Waals surface area contributed by atoms with E-state index in [1.54, 1.807) is 147 Å². The third-order valence-corrected chi connectivity index (χ3v) is 20.5. The summed E-state index contributed by atoms with van der Waals surface area (Å²) in [4.78, 5) is 22.9. The van der Waals surface area contributed by atoms with Gasteiger partial charge in [0.15, 0.2) is 10.8 Å². The summed E-state index contributed by atoms with van der Waals surface area (Å²) in [5, 5.41) is 6.71. The first-order chi connectivity index (χ1) is 28.9. The van der Waals surface area contributed by atoms with Crippen LogP contribution in [-0.2, 0) is 72.0 Å². The average molecular weight is 1010 g/mol. The van der Waals surface area contributed by atoms with E-state index in [0.717, 1.165) is 0 Å². The molecule has 0 radical (unpaired) electrons. The Kier molecular flexibility index (Phi) is 32.3. The average Bonchev–Trinajstić information content (AvgIpc) is 3.10. The van der Waals surface area contributed by atoms with Gasteiger partial charge in [-0.2, -0.15) is 0 Å². The molecule has 0 atom stereocenters. The number of carbonyl (C=O) groups excluding carboxylic acids is 1. The molecule has 0 aliphatic rings. The second-order valence-electron chi connectivity index (χ2n) is 17.0. The fourth-order valence-corrected chi connectivity index (χ4v) is 17.7. The van der Waals surface area contributed by atoms with Crippen molar-refractivity contribution < 1.29 is 104 Å². The number of benzene rings is 2. The molecule has 2 aromatic carbocycles. The maximum absolute atomic E-state index is 14.1. The van der Waals surface area contributed by atoms with E-state index in [2.05, 4.69) is 0 Å². The van der Waals surface area contributed by atoms with Crippen molar-refractivity contribution in [2.75, 3.05) is 7.11 Å². The summed E-state index contributed by atoms with van der Waals surface area (Å²) in [6.45, 7) is 27.6. The van der Waals surface area contributed by atoms with Crippen LogP contribution in [0.2, 0.25) is 0 Å². The molecule has 0 aromatic heterocycles. The third kappa shape index (κ3) is 23.4. The Morgan fingerprint density at radius 1 is 0.439 bits per heavy atom. The van der Waals surface area contributed by atoms with Gasteiger partial charge in [0.2, 0.25) is 0 Å².